The standard InChI is InChI=1S/C58H73N13O21S2.C4H11N/c1-29(72)49(71-57(87)40(23-31-12-14-33(15-13-31)92-94(89,90)91)68-56(86)43(26-48(78)79)69-52(82)37(16-18-44(59)73)65-51(81)36-17-19-45(74)63-36)58(88)62-28-46(75)64-41(24-32-27-61-35-11-7-6-10-34(32)35)54(84)66-38(20-21-93-2)53(83)70-42(25-47(76)77)55(85)67-39(50(60)80)22-30-8-4-3-5-9-30;1-3-5-4-2/h3-15,27,29,36-43,49,61,72H,16-26,28H2,1-2H3,(H2,59,73)(H2,60,80)(H,62,88)(H,63,74)(H,64,75)(H,65,81)(H,66,84)(H,67,85)(H,68,86)(H,69,82)(H,70,83)(H,71,87)(H,76,77)(H,78,79)(H,89,90,91);5H,3-4H2,1-2H3. The van der Waals surface area contributed by atoms with Gasteiger partial charge in [-0.2, -0.15) is 20.2 Å². The molecule has 1 aromatic heterocycles. The summed E-state index contributed by atoms with van der Waals surface area (Å²) < 4.78 is 36.4. The second kappa shape index (κ2) is 40.5. The largest absolute Gasteiger partial charge is 0.481 e. The van der Waals surface area contributed by atoms with Gasteiger partial charge in [-0.1, -0.05) is 74.5 Å². The van der Waals surface area contributed by atoms with E-state index in [1.807, 2.05) is 0 Å². The number of carbonyl (C=O) groups is 14. The lowest BCUT2D eigenvalue weighted by atomic mass is 10.0. The van der Waals surface area contributed by atoms with Crippen LogP contribution >= 0.6 is 11.8 Å². The Morgan fingerprint density at radius 3 is 1.66 bits per heavy atom. The lowest BCUT2D eigenvalue weighted by Gasteiger charge is -2.27. The summed E-state index contributed by atoms with van der Waals surface area (Å²) in [4.78, 5) is 188. The van der Waals surface area contributed by atoms with Crippen molar-refractivity contribution in [2.24, 2.45) is 11.5 Å². The van der Waals surface area contributed by atoms with Crippen LogP contribution in [0.5, 0.6) is 5.75 Å². The van der Waals surface area contributed by atoms with Crippen molar-refractivity contribution in [1.82, 2.24) is 63.5 Å². The number of hydrogen-bond acceptors (Lipinski definition) is 20. The monoisotopic (exact) mass is 1420 g/mol. The van der Waals surface area contributed by atoms with Gasteiger partial charge in [-0.15, -0.1) is 0 Å². The summed E-state index contributed by atoms with van der Waals surface area (Å²) in [6, 6.07) is 4.78. The Morgan fingerprint density at radius 2 is 1.13 bits per heavy atom. The molecule has 2 heterocycles. The number of aliphatic hydroxyl groups is 1. The van der Waals surface area contributed by atoms with Crippen LogP contribution in [0.2, 0.25) is 0 Å². The Hall–Kier alpha value is -10.2. The number of aromatic nitrogens is 1. The fourth-order valence-electron chi connectivity index (χ4n) is 9.75. The normalized spacial score (nSPS) is 15.3. The van der Waals surface area contributed by atoms with E-state index < -0.39 is 198 Å². The fourth-order valence-corrected chi connectivity index (χ4v) is 10.6. The molecule has 12 amide bonds. The van der Waals surface area contributed by atoms with Crippen molar-refractivity contribution in [2.75, 3.05) is 31.6 Å². The van der Waals surface area contributed by atoms with Crippen LogP contribution in [0.1, 0.15) is 82.4 Å². The molecule has 4 aromatic rings. The lowest BCUT2D eigenvalue weighted by molar-refractivity contribution is -0.142. The van der Waals surface area contributed by atoms with Crippen molar-refractivity contribution in [3.05, 3.63) is 102 Å². The van der Waals surface area contributed by atoms with Gasteiger partial charge in [-0.25, -0.2) is 0 Å². The van der Waals surface area contributed by atoms with Gasteiger partial charge in [0.05, 0.1) is 25.5 Å². The number of hydrogen-bond donors (Lipinski definition) is 18. The first-order valence-corrected chi connectivity index (χ1v) is 33.8. The van der Waals surface area contributed by atoms with Gasteiger partial charge in [-0.05, 0) is 86.2 Å². The number of benzene rings is 3. The molecule has 1 fully saturated rings. The molecule has 3 aromatic carbocycles. The van der Waals surface area contributed by atoms with Crippen LogP contribution in [0, 0.1) is 0 Å². The minimum Gasteiger partial charge on any atom is -0.481 e. The predicted molar refractivity (Wildman–Crippen MR) is 355 cm³/mol. The molecule has 1 saturated heterocycles. The van der Waals surface area contributed by atoms with Gasteiger partial charge >= 0.3 is 22.3 Å². The zero-order valence-electron chi connectivity index (χ0n) is 54.5. The number of aromatic amines is 1. The summed E-state index contributed by atoms with van der Waals surface area (Å²) in [7, 11) is -5.02. The molecule has 0 radical (unpaired) electrons. The third kappa shape index (κ3) is 28.8. The van der Waals surface area contributed by atoms with E-state index in [1.165, 1.54) is 23.9 Å². The summed E-state index contributed by atoms with van der Waals surface area (Å²) in [5.41, 5.74) is 12.6. The number of carboxylic acid groups (broad SMARTS) is 2. The molecule has 37 heteroatoms. The number of fused-ring (bicyclic) bond motifs is 1. The lowest BCUT2D eigenvalue weighted by Crippen LogP contribution is -2.61. The molecule has 1 aliphatic rings. The smallest absolute Gasteiger partial charge is 0.446 e. The molecule has 0 saturated carbocycles. The fraction of sp³-hybridized carbons (Fsp3) is 0.452. The van der Waals surface area contributed by atoms with E-state index in [9.17, 15) is 90.9 Å². The quantitative estimate of drug-likeness (QED) is 0.0189. The molecule has 0 bridgehead atoms. The Balaban J connectivity index is 0.00000401. The maximum Gasteiger partial charge on any atom is 0.446 e. The van der Waals surface area contributed by atoms with Gasteiger partial charge in [-0.3, -0.25) is 71.7 Å². The SMILES string of the molecule is CCNCC.CSCCC(NC(=O)C(Cc1c[nH]c2ccccc12)NC(=O)CNC(=O)C(NC(=O)C(Cc1ccc(OS(=O)(=O)O)cc1)NC(=O)C(CC(=O)O)NC(=O)C(CCC(N)=O)NC(=O)C1CCC(=O)N1)C(C)O)C(=O)NC(CC(=O)O)C(=O)NC(Cc1ccccc1)C(N)=O. The first kappa shape index (κ1) is 81.2. The number of amides is 12. The molecule has 10 unspecified atom stereocenters. The molecular formula is C62H84N14O21S2. The Labute approximate surface area is 572 Å². The minimum absolute atomic E-state index is 0.0226. The number of aliphatic hydroxyl groups excluding tert-OH is 1. The third-order valence-corrected chi connectivity index (χ3v) is 15.8. The van der Waals surface area contributed by atoms with Crippen LogP contribution in [0.4, 0.5) is 0 Å². The number of aliphatic carboxylic acids is 2. The van der Waals surface area contributed by atoms with Gasteiger partial charge in [0, 0.05) is 49.2 Å². The van der Waals surface area contributed by atoms with E-state index in [0.29, 0.717) is 22.0 Å². The number of nitrogens with one attached hydrogen (secondary N) is 12. The van der Waals surface area contributed by atoms with Crippen molar-refractivity contribution >= 4 is 116 Å². The van der Waals surface area contributed by atoms with Crippen LogP contribution in [-0.4, -0.2) is 208 Å². The second-order valence-electron chi connectivity index (χ2n) is 22.5. The number of carboxylic acids is 2. The summed E-state index contributed by atoms with van der Waals surface area (Å²) in [6.45, 7) is 6.46. The topological polar surface area (TPSA) is 563 Å². The minimum atomic E-state index is -5.02. The molecule has 0 aliphatic carbocycles. The molecule has 20 N–H and O–H groups in total. The Bertz CT molecular complexity index is 3620. The van der Waals surface area contributed by atoms with Crippen LogP contribution < -0.4 is 74.1 Å². The predicted octanol–water partition coefficient (Wildman–Crippen LogP) is -3.90. The van der Waals surface area contributed by atoms with Crippen LogP contribution in [0.3, 0.4) is 0 Å². The summed E-state index contributed by atoms with van der Waals surface area (Å²) in [5.74, 6) is -15.9. The van der Waals surface area contributed by atoms with E-state index >= 15 is 0 Å². The number of thioether (sulfide) groups is 1. The summed E-state index contributed by atoms with van der Waals surface area (Å²) in [6.07, 6.45) is -2.72. The number of para-hydroxylation sites is 1. The maximum absolute atomic E-state index is 14.5. The molecule has 0 spiro atoms. The first-order chi connectivity index (χ1) is 46.8. The van der Waals surface area contributed by atoms with Crippen LogP contribution in [0.15, 0.2) is 85.1 Å². The number of carbonyl (C=O) groups excluding carboxylic acids is 12. The van der Waals surface area contributed by atoms with E-state index in [-0.39, 0.29) is 43.4 Å². The zero-order valence-corrected chi connectivity index (χ0v) is 56.1. The van der Waals surface area contributed by atoms with E-state index in [1.54, 1.807) is 67.0 Å². The molecule has 5 rings (SSSR count). The Kier molecular flexibility index (Phi) is 33.2. The Morgan fingerprint density at radius 1 is 0.626 bits per heavy atom. The highest BCUT2D eigenvalue weighted by Crippen LogP contribution is 2.21. The van der Waals surface area contributed by atoms with Crippen molar-refractivity contribution in [1.29, 1.82) is 0 Å². The highest BCUT2D eigenvalue weighted by atomic mass is 32.3. The van der Waals surface area contributed by atoms with Crippen LogP contribution in [-0.2, 0) is 96.8 Å². The van der Waals surface area contributed by atoms with E-state index in [2.05, 4.69) is 81.5 Å². The molecule has 10 atom stereocenters. The second-order valence-corrected chi connectivity index (χ2v) is 24.6. The van der Waals surface area contributed by atoms with Crippen LogP contribution in [0.25, 0.3) is 10.9 Å². The summed E-state index contributed by atoms with van der Waals surface area (Å²) >= 11 is 1.26. The van der Waals surface area contributed by atoms with Gasteiger partial charge < -0.3 is 94.4 Å². The molecule has 35 nitrogen and oxygen atoms in total. The van der Waals surface area contributed by atoms with Crippen molar-refractivity contribution in [2.45, 2.75) is 145 Å². The van der Waals surface area contributed by atoms with Gasteiger partial charge in [0.25, 0.3) is 0 Å². The summed E-state index contributed by atoms with van der Waals surface area (Å²) in [5, 5.41) is 57.7. The van der Waals surface area contributed by atoms with Crippen molar-refractivity contribution < 1.29 is 99.6 Å². The van der Waals surface area contributed by atoms with Gasteiger partial charge in [0.15, 0.2) is 0 Å². The van der Waals surface area contributed by atoms with Gasteiger partial charge in [0.2, 0.25) is 70.9 Å². The molecule has 99 heavy (non-hydrogen) atoms. The number of H-pyrrole nitrogens is 1. The maximum atomic E-state index is 14.5. The average molecular weight is 1430 g/mol. The van der Waals surface area contributed by atoms with Crippen molar-refractivity contribution in [3.8, 4) is 5.75 Å². The number of nitrogens with two attached hydrogens (primary N) is 2. The molecule has 540 valence electrons. The number of rotatable bonds is 40. The molecular weight excluding hydrogens is 1340 g/mol. The first-order valence-electron chi connectivity index (χ1n) is 31.0. The zero-order chi connectivity index (χ0) is 73.5. The van der Waals surface area contributed by atoms with E-state index in [4.69, 9.17) is 16.0 Å². The molecule has 1 aliphatic heterocycles. The third-order valence-electron chi connectivity index (χ3n) is 14.8. The van der Waals surface area contributed by atoms with E-state index in [0.717, 1.165) is 32.1 Å². The highest BCUT2D eigenvalue weighted by molar-refractivity contribution is 7.98. The van der Waals surface area contributed by atoms with Gasteiger partial charge in [0.1, 0.15) is 60.1 Å². The highest BCUT2D eigenvalue weighted by Gasteiger charge is 2.37. The number of primary amides is 2. The van der Waals surface area contributed by atoms with Crippen molar-refractivity contribution in [3.63, 3.8) is 0 Å². The average Bonchev–Trinajstić information content (AvgIpc) is 1.74.